The summed E-state index contributed by atoms with van der Waals surface area (Å²) in [6.45, 7) is 1.69. The van der Waals surface area contributed by atoms with Gasteiger partial charge in [-0.15, -0.1) is 0 Å². The number of piperidine rings is 1. The van der Waals surface area contributed by atoms with Crippen LogP contribution >= 0.6 is 0 Å². The second kappa shape index (κ2) is 9.17. The molecule has 1 unspecified atom stereocenters. The summed E-state index contributed by atoms with van der Waals surface area (Å²) in [7, 11) is 1.75. The van der Waals surface area contributed by atoms with Crippen molar-refractivity contribution >= 4 is 17.4 Å². The molecule has 1 aliphatic carbocycles. The Hall–Kier alpha value is -2.44. The minimum absolute atomic E-state index is 0.0109. The van der Waals surface area contributed by atoms with Crippen LogP contribution in [0.15, 0.2) is 42.0 Å². The lowest BCUT2D eigenvalue weighted by Gasteiger charge is -2.31. The van der Waals surface area contributed by atoms with Crippen molar-refractivity contribution in [3.05, 3.63) is 53.1 Å². The van der Waals surface area contributed by atoms with E-state index < -0.39 is 6.10 Å². The molecule has 150 valence electrons. The fourth-order valence-corrected chi connectivity index (χ4v) is 3.79. The third-order valence-corrected chi connectivity index (χ3v) is 5.43. The highest BCUT2D eigenvalue weighted by molar-refractivity contribution is 5.95. The number of carbonyl (C=O) groups excluding carboxylic acids is 2. The van der Waals surface area contributed by atoms with Gasteiger partial charge >= 0.3 is 0 Å². The fourth-order valence-electron chi connectivity index (χ4n) is 3.79. The van der Waals surface area contributed by atoms with Gasteiger partial charge in [-0.1, -0.05) is 30.4 Å². The van der Waals surface area contributed by atoms with Crippen molar-refractivity contribution in [2.45, 2.75) is 38.3 Å². The van der Waals surface area contributed by atoms with Crippen LogP contribution in [0, 0.1) is 0 Å². The number of aliphatic hydroxyl groups is 1. The van der Waals surface area contributed by atoms with Crippen LogP contribution in [0.5, 0.6) is 0 Å². The number of rotatable bonds is 5. The van der Waals surface area contributed by atoms with Crippen LogP contribution in [0.25, 0.3) is 5.57 Å². The molecule has 0 aromatic heterocycles. The van der Waals surface area contributed by atoms with Gasteiger partial charge in [0, 0.05) is 32.3 Å². The number of likely N-dealkylation sites (tertiary alicyclic amines) is 1. The Morgan fingerprint density at radius 3 is 2.79 bits per heavy atom. The highest BCUT2D eigenvalue weighted by Crippen LogP contribution is 2.29. The van der Waals surface area contributed by atoms with Crippen LogP contribution in [-0.2, 0) is 16.1 Å². The van der Waals surface area contributed by atoms with E-state index >= 15 is 0 Å². The Morgan fingerprint density at radius 1 is 1.29 bits per heavy atom. The number of aliphatic hydroxyl groups excluding tert-OH is 1. The quantitative estimate of drug-likeness (QED) is 0.810. The van der Waals surface area contributed by atoms with Crippen LogP contribution in [0.3, 0.4) is 0 Å². The van der Waals surface area contributed by atoms with Crippen molar-refractivity contribution in [2.24, 2.45) is 5.73 Å². The van der Waals surface area contributed by atoms with E-state index in [9.17, 15) is 14.7 Å². The van der Waals surface area contributed by atoms with E-state index in [0.717, 1.165) is 42.5 Å². The zero-order valence-corrected chi connectivity index (χ0v) is 16.4. The van der Waals surface area contributed by atoms with Crippen molar-refractivity contribution < 1.29 is 14.7 Å². The van der Waals surface area contributed by atoms with Gasteiger partial charge in [0.25, 0.3) is 0 Å². The second-order valence-corrected chi connectivity index (χ2v) is 7.59. The standard InChI is InChI=1S/C22H29N3O3/c1-24(21(27)13-23)14-16-4-2-5-19(12-16)17-7-9-18(10-8-17)22(28)25-11-3-6-20(26)15-25/h2,4-5,7,9,12,20,26H,3,6,8,10-11,13-15,23H2,1H3. The van der Waals surface area contributed by atoms with Gasteiger partial charge in [-0.05, 0) is 48.4 Å². The number of nitrogens with zero attached hydrogens (tertiary/aromatic N) is 2. The van der Waals surface area contributed by atoms with Gasteiger partial charge in [0.1, 0.15) is 0 Å². The first-order valence-electron chi connectivity index (χ1n) is 9.88. The summed E-state index contributed by atoms with van der Waals surface area (Å²) in [6.07, 6.45) is 6.66. The number of hydrogen-bond donors (Lipinski definition) is 2. The normalized spacial score (nSPS) is 19.7. The summed E-state index contributed by atoms with van der Waals surface area (Å²) in [5.41, 5.74) is 9.58. The van der Waals surface area contributed by atoms with Crippen molar-refractivity contribution in [1.82, 2.24) is 9.80 Å². The molecule has 28 heavy (non-hydrogen) atoms. The molecular weight excluding hydrogens is 354 g/mol. The summed E-state index contributed by atoms with van der Waals surface area (Å²) in [4.78, 5) is 27.8. The molecule has 2 amide bonds. The van der Waals surface area contributed by atoms with Gasteiger partial charge < -0.3 is 20.6 Å². The predicted molar refractivity (Wildman–Crippen MR) is 109 cm³/mol. The van der Waals surface area contributed by atoms with Gasteiger partial charge in [0.2, 0.25) is 11.8 Å². The van der Waals surface area contributed by atoms with Gasteiger partial charge in [-0.25, -0.2) is 0 Å². The van der Waals surface area contributed by atoms with Gasteiger partial charge in [0.15, 0.2) is 0 Å². The second-order valence-electron chi connectivity index (χ2n) is 7.59. The molecular formula is C22H29N3O3. The highest BCUT2D eigenvalue weighted by atomic mass is 16.3. The molecule has 0 bridgehead atoms. The van der Waals surface area contributed by atoms with E-state index in [4.69, 9.17) is 5.73 Å². The van der Waals surface area contributed by atoms with E-state index in [0.29, 0.717) is 19.5 Å². The maximum absolute atomic E-state index is 12.7. The molecule has 0 radical (unpaired) electrons. The number of allylic oxidation sites excluding steroid dienone is 3. The molecule has 1 aromatic carbocycles. The van der Waals surface area contributed by atoms with Crippen molar-refractivity contribution in [2.75, 3.05) is 26.7 Å². The minimum Gasteiger partial charge on any atom is -0.391 e. The summed E-state index contributed by atoms with van der Waals surface area (Å²) in [5.74, 6) is -0.0408. The molecule has 0 spiro atoms. The van der Waals surface area contributed by atoms with E-state index in [-0.39, 0.29) is 18.4 Å². The zero-order chi connectivity index (χ0) is 20.1. The van der Waals surface area contributed by atoms with Crippen molar-refractivity contribution in [1.29, 1.82) is 0 Å². The van der Waals surface area contributed by atoms with Gasteiger partial charge in [-0.2, -0.15) is 0 Å². The Labute approximate surface area is 166 Å². The third kappa shape index (κ3) is 4.88. The summed E-state index contributed by atoms with van der Waals surface area (Å²) in [6, 6.07) is 8.14. The molecule has 3 N–H and O–H groups in total. The van der Waals surface area contributed by atoms with Gasteiger partial charge in [0.05, 0.1) is 12.6 Å². The van der Waals surface area contributed by atoms with E-state index in [1.807, 2.05) is 24.3 Å². The monoisotopic (exact) mass is 383 g/mol. The molecule has 0 saturated carbocycles. The van der Waals surface area contributed by atoms with Crippen molar-refractivity contribution in [3.8, 4) is 0 Å². The summed E-state index contributed by atoms with van der Waals surface area (Å²) < 4.78 is 0. The number of amides is 2. The smallest absolute Gasteiger partial charge is 0.249 e. The summed E-state index contributed by atoms with van der Waals surface area (Å²) >= 11 is 0. The van der Waals surface area contributed by atoms with E-state index in [1.165, 1.54) is 5.57 Å². The Morgan fingerprint density at radius 2 is 2.11 bits per heavy atom. The predicted octanol–water partition coefficient (Wildman–Crippen LogP) is 1.69. The minimum atomic E-state index is -0.403. The van der Waals surface area contributed by atoms with E-state index in [1.54, 1.807) is 16.8 Å². The molecule has 3 rings (SSSR count). The molecule has 1 heterocycles. The lowest BCUT2D eigenvalue weighted by atomic mass is 9.91. The fraction of sp³-hybridized carbons (Fsp3) is 0.455. The molecule has 1 atom stereocenters. The molecule has 2 aliphatic rings. The Bertz CT molecular complexity index is 800. The largest absolute Gasteiger partial charge is 0.391 e. The number of benzene rings is 1. The molecule has 1 saturated heterocycles. The molecule has 1 aromatic rings. The lowest BCUT2D eigenvalue weighted by Crippen LogP contribution is -2.42. The molecule has 1 fully saturated rings. The molecule has 6 nitrogen and oxygen atoms in total. The number of β-amino-alcohol motifs (C(OH)–C–C–N with tert-alkyl or cyclic N) is 1. The highest BCUT2D eigenvalue weighted by Gasteiger charge is 2.25. The first-order chi connectivity index (χ1) is 13.5. The Kier molecular flexibility index (Phi) is 6.65. The molecule has 1 aliphatic heterocycles. The van der Waals surface area contributed by atoms with E-state index in [2.05, 4.69) is 12.1 Å². The number of hydrogen-bond acceptors (Lipinski definition) is 4. The first-order valence-corrected chi connectivity index (χ1v) is 9.88. The maximum atomic E-state index is 12.7. The SMILES string of the molecule is CN(Cc1cccc(C2=CC=C(C(=O)N3CCCC(O)C3)CC2)c1)C(=O)CN. The van der Waals surface area contributed by atoms with Crippen LogP contribution in [0.1, 0.15) is 36.8 Å². The number of carbonyl (C=O) groups is 2. The maximum Gasteiger partial charge on any atom is 0.249 e. The van der Waals surface area contributed by atoms with Crippen LogP contribution < -0.4 is 5.73 Å². The third-order valence-electron chi connectivity index (χ3n) is 5.43. The van der Waals surface area contributed by atoms with Gasteiger partial charge in [-0.3, -0.25) is 9.59 Å². The Balaban J connectivity index is 1.69. The topological polar surface area (TPSA) is 86.9 Å². The van der Waals surface area contributed by atoms with Crippen LogP contribution in [-0.4, -0.2) is 59.5 Å². The lowest BCUT2D eigenvalue weighted by molar-refractivity contribution is -0.130. The summed E-state index contributed by atoms with van der Waals surface area (Å²) in [5, 5.41) is 9.80. The number of nitrogens with two attached hydrogens (primary N) is 1. The average molecular weight is 383 g/mol. The first kappa shape index (κ1) is 20.3. The van der Waals surface area contributed by atoms with Crippen LogP contribution in [0.4, 0.5) is 0 Å². The zero-order valence-electron chi connectivity index (χ0n) is 16.4. The molecule has 6 heteroatoms. The van der Waals surface area contributed by atoms with Crippen molar-refractivity contribution in [3.63, 3.8) is 0 Å². The number of likely N-dealkylation sites (N-methyl/N-ethyl adjacent to an activating group) is 1. The van der Waals surface area contributed by atoms with Crippen LogP contribution in [0.2, 0.25) is 0 Å². The average Bonchev–Trinajstić information content (AvgIpc) is 2.73.